The van der Waals surface area contributed by atoms with E-state index in [9.17, 15) is 23.2 Å². The summed E-state index contributed by atoms with van der Waals surface area (Å²) in [6, 6.07) is 11.8. The Morgan fingerprint density at radius 3 is 2.50 bits per heavy atom. The fourth-order valence-electron chi connectivity index (χ4n) is 3.75. The standard InChI is InChI=1S/C24H23F2N5O3/c1-15(2)11-29-14-27-22-21(29)23(33)31(24(34)30(22)12-16-6-4-3-5-7-16)13-20(32)28-19-10-17(25)8-9-18(19)26/h3-10,14-15H,11-13H2,1-2H3,(H,28,32). The number of nitrogens with one attached hydrogen (secondary N) is 1. The maximum atomic E-state index is 13.9. The van der Waals surface area contributed by atoms with E-state index in [4.69, 9.17) is 0 Å². The van der Waals surface area contributed by atoms with E-state index >= 15 is 0 Å². The van der Waals surface area contributed by atoms with Gasteiger partial charge in [-0.1, -0.05) is 44.2 Å². The van der Waals surface area contributed by atoms with Crippen LogP contribution >= 0.6 is 0 Å². The van der Waals surface area contributed by atoms with Crippen LogP contribution in [0.3, 0.4) is 0 Å². The summed E-state index contributed by atoms with van der Waals surface area (Å²) in [6.07, 6.45) is 1.50. The van der Waals surface area contributed by atoms with Crippen LogP contribution < -0.4 is 16.6 Å². The second kappa shape index (κ2) is 9.42. The molecule has 0 unspecified atom stereocenters. The van der Waals surface area contributed by atoms with Crippen molar-refractivity contribution in [3.05, 3.63) is 92.9 Å². The van der Waals surface area contributed by atoms with Crippen molar-refractivity contribution in [1.82, 2.24) is 18.7 Å². The summed E-state index contributed by atoms with van der Waals surface area (Å²) in [5, 5.41) is 2.23. The third kappa shape index (κ3) is 4.66. The Morgan fingerprint density at radius 2 is 1.79 bits per heavy atom. The molecule has 176 valence electrons. The summed E-state index contributed by atoms with van der Waals surface area (Å²) in [7, 11) is 0. The smallest absolute Gasteiger partial charge is 0.324 e. The van der Waals surface area contributed by atoms with Gasteiger partial charge in [0.15, 0.2) is 11.2 Å². The molecular weight excluding hydrogens is 444 g/mol. The average Bonchev–Trinajstić information content (AvgIpc) is 3.20. The second-order valence-electron chi connectivity index (χ2n) is 8.38. The number of aromatic nitrogens is 4. The minimum atomic E-state index is -0.843. The zero-order valence-electron chi connectivity index (χ0n) is 18.7. The molecule has 0 aliphatic carbocycles. The van der Waals surface area contributed by atoms with Crippen LogP contribution in [0.2, 0.25) is 0 Å². The van der Waals surface area contributed by atoms with Crippen LogP contribution in [0, 0.1) is 17.6 Å². The summed E-state index contributed by atoms with van der Waals surface area (Å²) in [6.45, 7) is 3.90. The van der Waals surface area contributed by atoms with E-state index in [1.165, 1.54) is 10.9 Å². The molecule has 2 aromatic carbocycles. The van der Waals surface area contributed by atoms with Crippen LogP contribution in [0.25, 0.3) is 11.2 Å². The molecule has 0 aliphatic rings. The number of anilines is 1. The summed E-state index contributed by atoms with van der Waals surface area (Å²) in [4.78, 5) is 43.6. The highest BCUT2D eigenvalue weighted by Gasteiger charge is 2.21. The fourth-order valence-corrected chi connectivity index (χ4v) is 3.75. The van der Waals surface area contributed by atoms with Crippen LogP contribution in [0.15, 0.2) is 64.4 Å². The highest BCUT2D eigenvalue weighted by molar-refractivity contribution is 5.90. The second-order valence-corrected chi connectivity index (χ2v) is 8.38. The largest absolute Gasteiger partial charge is 0.333 e. The molecule has 4 rings (SSSR count). The number of halogens is 2. The molecule has 1 N–H and O–H groups in total. The third-order valence-corrected chi connectivity index (χ3v) is 5.23. The maximum absolute atomic E-state index is 13.9. The van der Waals surface area contributed by atoms with Gasteiger partial charge >= 0.3 is 5.69 Å². The number of amides is 1. The van der Waals surface area contributed by atoms with Gasteiger partial charge in [-0.15, -0.1) is 0 Å². The minimum Gasteiger partial charge on any atom is -0.324 e. The highest BCUT2D eigenvalue weighted by Crippen LogP contribution is 2.15. The quantitative estimate of drug-likeness (QED) is 0.453. The first kappa shape index (κ1) is 23.1. The Hall–Kier alpha value is -4.08. The number of rotatable bonds is 7. The van der Waals surface area contributed by atoms with Crippen molar-refractivity contribution in [2.24, 2.45) is 5.92 Å². The van der Waals surface area contributed by atoms with Gasteiger partial charge in [-0.3, -0.25) is 14.2 Å². The number of hydrogen-bond acceptors (Lipinski definition) is 4. The van der Waals surface area contributed by atoms with Crippen LogP contribution in [0.1, 0.15) is 19.4 Å². The molecule has 0 aliphatic heterocycles. The van der Waals surface area contributed by atoms with Gasteiger partial charge in [0.2, 0.25) is 5.91 Å². The Bertz CT molecular complexity index is 1470. The molecule has 0 fully saturated rings. The van der Waals surface area contributed by atoms with Crippen LogP contribution in [-0.2, 0) is 24.4 Å². The predicted octanol–water partition coefficient (Wildman–Crippen LogP) is 2.98. The third-order valence-electron chi connectivity index (χ3n) is 5.23. The Kier molecular flexibility index (Phi) is 6.40. The zero-order valence-corrected chi connectivity index (χ0v) is 18.7. The molecular formula is C24H23F2N5O3. The van der Waals surface area contributed by atoms with Crippen molar-refractivity contribution in [2.75, 3.05) is 5.32 Å². The number of nitrogens with zero attached hydrogens (tertiary/aromatic N) is 4. The molecule has 8 nitrogen and oxygen atoms in total. The zero-order chi connectivity index (χ0) is 24.4. The fraction of sp³-hybridized carbons (Fsp3) is 0.250. The normalized spacial score (nSPS) is 11.3. The Labute approximate surface area is 193 Å². The van der Waals surface area contributed by atoms with Gasteiger partial charge in [-0.05, 0) is 23.6 Å². The lowest BCUT2D eigenvalue weighted by molar-refractivity contribution is -0.116. The number of hydrogen-bond donors (Lipinski definition) is 1. The van der Waals surface area contributed by atoms with Gasteiger partial charge in [0, 0.05) is 12.6 Å². The highest BCUT2D eigenvalue weighted by atomic mass is 19.1. The van der Waals surface area contributed by atoms with E-state index in [0.29, 0.717) is 6.54 Å². The van der Waals surface area contributed by atoms with Crippen molar-refractivity contribution >= 4 is 22.8 Å². The number of imidazole rings is 1. The molecule has 34 heavy (non-hydrogen) atoms. The van der Waals surface area contributed by atoms with Crippen molar-refractivity contribution in [1.29, 1.82) is 0 Å². The lowest BCUT2D eigenvalue weighted by Crippen LogP contribution is -2.43. The summed E-state index contributed by atoms with van der Waals surface area (Å²) in [5.41, 5.74) is -0.584. The van der Waals surface area contributed by atoms with Crippen LogP contribution in [0.4, 0.5) is 14.5 Å². The first-order chi connectivity index (χ1) is 16.2. The molecule has 2 aromatic heterocycles. The summed E-state index contributed by atoms with van der Waals surface area (Å²) in [5.74, 6) is -2.23. The van der Waals surface area contributed by atoms with Gasteiger partial charge in [-0.25, -0.2) is 23.1 Å². The van der Waals surface area contributed by atoms with Crippen molar-refractivity contribution in [3.63, 3.8) is 0 Å². The molecule has 0 atom stereocenters. The van der Waals surface area contributed by atoms with E-state index in [-0.39, 0.29) is 29.3 Å². The lowest BCUT2D eigenvalue weighted by Gasteiger charge is -2.14. The first-order valence-corrected chi connectivity index (χ1v) is 10.7. The molecule has 4 aromatic rings. The van der Waals surface area contributed by atoms with Gasteiger partial charge in [0.25, 0.3) is 5.56 Å². The number of carbonyl (C=O) groups excluding carboxylic acids is 1. The molecule has 0 spiro atoms. The van der Waals surface area contributed by atoms with E-state index in [1.54, 1.807) is 4.57 Å². The average molecular weight is 467 g/mol. The number of carbonyl (C=O) groups is 1. The van der Waals surface area contributed by atoms with Gasteiger partial charge in [0.1, 0.15) is 18.2 Å². The molecule has 10 heteroatoms. The first-order valence-electron chi connectivity index (χ1n) is 10.7. The maximum Gasteiger partial charge on any atom is 0.333 e. The van der Waals surface area contributed by atoms with Crippen molar-refractivity contribution in [3.8, 4) is 0 Å². The van der Waals surface area contributed by atoms with E-state index in [0.717, 1.165) is 28.3 Å². The monoisotopic (exact) mass is 467 g/mol. The molecule has 1 amide bonds. The minimum absolute atomic E-state index is 0.134. The van der Waals surface area contributed by atoms with Crippen LogP contribution in [0.5, 0.6) is 0 Å². The summed E-state index contributed by atoms with van der Waals surface area (Å²) < 4.78 is 31.2. The van der Waals surface area contributed by atoms with E-state index in [1.807, 2.05) is 44.2 Å². The molecule has 0 saturated heterocycles. The van der Waals surface area contributed by atoms with Gasteiger partial charge in [-0.2, -0.15) is 0 Å². The van der Waals surface area contributed by atoms with Gasteiger partial charge < -0.3 is 9.88 Å². The predicted molar refractivity (Wildman–Crippen MR) is 124 cm³/mol. The molecule has 0 saturated carbocycles. The number of benzene rings is 2. The SMILES string of the molecule is CC(C)Cn1cnc2c1c(=O)n(CC(=O)Nc1cc(F)ccc1F)c(=O)n2Cc1ccccc1. The van der Waals surface area contributed by atoms with E-state index < -0.39 is 35.3 Å². The van der Waals surface area contributed by atoms with Gasteiger partial charge in [0.05, 0.1) is 18.6 Å². The summed E-state index contributed by atoms with van der Waals surface area (Å²) >= 11 is 0. The van der Waals surface area contributed by atoms with Crippen molar-refractivity contribution in [2.45, 2.75) is 33.5 Å². The van der Waals surface area contributed by atoms with E-state index in [2.05, 4.69) is 10.3 Å². The lowest BCUT2D eigenvalue weighted by atomic mass is 10.2. The van der Waals surface area contributed by atoms with Crippen LogP contribution in [-0.4, -0.2) is 24.6 Å². The molecule has 2 heterocycles. The molecule has 0 radical (unpaired) electrons. The topological polar surface area (TPSA) is 90.9 Å². The Balaban J connectivity index is 1.80. The Morgan fingerprint density at radius 1 is 1.06 bits per heavy atom. The molecule has 0 bridgehead atoms. The number of fused-ring (bicyclic) bond motifs is 1. The van der Waals surface area contributed by atoms with Crippen molar-refractivity contribution < 1.29 is 13.6 Å².